The summed E-state index contributed by atoms with van der Waals surface area (Å²) in [6, 6.07) is 8.20. The number of amides is 1. The van der Waals surface area contributed by atoms with Crippen LogP contribution in [0.5, 0.6) is 0 Å². The summed E-state index contributed by atoms with van der Waals surface area (Å²) < 4.78 is 5.55. The van der Waals surface area contributed by atoms with Crippen molar-refractivity contribution in [3.8, 4) is 0 Å². The van der Waals surface area contributed by atoms with Crippen molar-refractivity contribution >= 4 is 5.91 Å². The van der Waals surface area contributed by atoms with Gasteiger partial charge in [-0.1, -0.05) is 29.8 Å². The van der Waals surface area contributed by atoms with Crippen molar-refractivity contribution in [2.75, 3.05) is 20.1 Å². The Labute approximate surface area is 136 Å². The topological polar surface area (TPSA) is 58.4 Å². The number of carbonyl (C=O) groups is 1. The van der Waals surface area contributed by atoms with Gasteiger partial charge in [0.2, 0.25) is 0 Å². The standard InChI is InChI=1S/C18H23N3O2/c1-13-3-5-14(6-4-13)11-21(2)18(22)16-12-23-17(20-16)15-7-9-19-10-8-15/h3-6,12,15,19H,7-11H2,1-2H3. The lowest BCUT2D eigenvalue weighted by Gasteiger charge is -2.19. The third kappa shape index (κ3) is 3.79. The van der Waals surface area contributed by atoms with Gasteiger partial charge in [-0.25, -0.2) is 4.98 Å². The van der Waals surface area contributed by atoms with E-state index in [1.807, 2.05) is 12.1 Å². The van der Waals surface area contributed by atoms with Crippen LogP contribution in [0, 0.1) is 6.92 Å². The van der Waals surface area contributed by atoms with Crippen LogP contribution in [0.2, 0.25) is 0 Å². The van der Waals surface area contributed by atoms with E-state index in [0.29, 0.717) is 24.0 Å². The van der Waals surface area contributed by atoms with Crippen molar-refractivity contribution in [1.82, 2.24) is 15.2 Å². The summed E-state index contributed by atoms with van der Waals surface area (Å²) in [6.45, 7) is 4.57. The van der Waals surface area contributed by atoms with Crippen molar-refractivity contribution in [3.05, 3.63) is 53.2 Å². The zero-order chi connectivity index (χ0) is 16.2. The molecule has 1 aliphatic heterocycles. The zero-order valence-electron chi connectivity index (χ0n) is 13.7. The average molecular weight is 313 g/mol. The monoisotopic (exact) mass is 313 g/mol. The normalized spacial score (nSPS) is 15.6. The van der Waals surface area contributed by atoms with Crippen LogP contribution in [0.15, 0.2) is 34.9 Å². The van der Waals surface area contributed by atoms with Crippen LogP contribution in [-0.4, -0.2) is 35.9 Å². The van der Waals surface area contributed by atoms with Crippen LogP contribution in [0.1, 0.15) is 46.3 Å². The molecule has 0 spiro atoms. The van der Waals surface area contributed by atoms with Crippen molar-refractivity contribution < 1.29 is 9.21 Å². The Morgan fingerprint density at radius 1 is 1.30 bits per heavy atom. The van der Waals surface area contributed by atoms with Gasteiger partial charge in [0, 0.05) is 19.5 Å². The van der Waals surface area contributed by atoms with Crippen LogP contribution in [-0.2, 0) is 6.54 Å². The highest BCUT2D eigenvalue weighted by atomic mass is 16.3. The molecule has 1 N–H and O–H groups in total. The number of nitrogens with zero attached hydrogens (tertiary/aromatic N) is 2. The molecule has 1 aromatic heterocycles. The SMILES string of the molecule is Cc1ccc(CN(C)C(=O)c2coc(C3CCNCC3)n2)cc1. The van der Waals surface area contributed by atoms with Crippen LogP contribution < -0.4 is 5.32 Å². The van der Waals surface area contributed by atoms with Crippen LogP contribution in [0.3, 0.4) is 0 Å². The van der Waals surface area contributed by atoms with Crippen molar-refractivity contribution in [1.29, 1.82) is 0 Å². The number of oxazole rings is 1. The second-order valence-corrected chi connectivity index (χ2v) is 6.24. The van der Waals surface area contributed by atoms with Gasteiger partial charge in [-0.3, -0.25) is 4.79 Å². The minimum Gasteiger partial charge on any atom is -0.448 e. The summed E-state index contributed by atoms with van der Waals surface area (Å²) in [5.74, 6) is 0.910. The summed E-state index contributed by atoms with van der Waals surface area (Å²) in [4.78, 5) is 18.6. The number of aromatic nitrogens is 1. The summed E-state index contributed by atoms with van der Waals surface area (Å²) >= 11 is 0. The molecule has 5 heteroatoms. The van der Waals surface area contributed by atoms with E-state index in [0.717, 1.165) is 31.5 Å². The van der Waals surface area contributed by atoms with Gasteiger partial charge < -0.3 is 14.6 Å². The van der Waals surface area contributed by atoms with E-state index in [2.05, 4.69) is 29.4 Å². The number of piperidine rings is 1. The zero-order valence-corrected chi connectivity index (χ0v) is 13.7. The van der Waals surface area contributed by atoms with Crippen molar-refractivity contribution in [2.24, 2.45) is 0 Å². The van der Waals surface area contributed by atoms with Gasteiger partial charge in [0.1, 0.15) is 6.26 Å². The number of nitrogens with one attached hydrogen (secondary N) is 1. The molecular formula is C18H23N3O2. The Kier molecular flexibility index (Phi) is 4.76. The molecule has 1 saturated heterocycles. The van der Waals surface area contributed by atoms with E-state index >= 15 is 0 Å². The summed E-state index contributed by atoms with van der Waals surface area (Å²) in [6.07, 6.45) is 3.51. The average Bonchev–Trinajstić information content (AvgIpc) is 3.07. The fourth-order valence-electron chi connectivity index (χ4n) is 2.88. The number of hydrogen-bond donors (Lipinski definition) is 1. The lowest BCUT2D eigenvalue weighted by Crippen LogP contribution is -2.27. The Balaban J connectivity index is 1.65. The molecular weight excluding hydrogens is 290 g/mol. The number of hydrogen-bond acceptors (Lipinski definition) is 4. The molecule has 1 fully saturated rings. The lowest BCUT2D eigenvalue weighted by molar-refractivity contribution is 0.0779. The first kappa shape index (κ1) is 15.7. The smallest absolute Gasteiger partial charge is 0.275 e. The third-order valence-corrected chi connectivity index (χ3v) is 4.32. The van der Waals surface area contributed by atoms with Gasteiger partial charge in [0.05, 0.1) is 0 Å². The largest absolute Gasteiger partial charge is 0.448 e. The van der Waals surface area contributed by atoms with Gasteiger partial charge >= 0.3 is 0 Å². The van der Waals surface area contributed by atoms with Crippen molar-refractivity contribution in [2.45, 2.75) is 32.2 Å². The third-order valence-electron chi connectivity index (χ3n) is 4.32. The molecule has 3 rings (SSSR count). The second kappa shape index (κ2) is 6.96. The van der Waals surface area contributed by atoms with Crippen LogP contribution in [0.4, 0.5) is 0 Å². The van der Waals surface area contributed by atoms with Crippen molar-refractivity contribution in [3.63, 3.8) is 0 Å². The quantitative estimate of drug-likeness (QED) is 0.943. The molecule has 0 radical (unpaired) electrons. The van der Waals surface area contributed by atoms with E-state index in [-0.39, 0.29) is 5.91 Å². The van der Waals surface area contributed by atoms with Gasteiger partial charge in [0.15, 0.2) is 11.6 Å². The first-order chi connectivity index (χ1) is 11.1. The van der Waals surface area contributed by atoms with E-state index in [1.54, 1.807) is 11.9 Å². The summed E-state index contributed by atoms with van der Waals surface area (Å²) in [5.41, 5.74) is 2.72. The summed E-state index contributed by atoms with van der Waals surface area (Å²) in [5, 5.41) is 3.32. The van der Waals surface area contributed by atoms with Gasteiger partial charge in [-0.05, 0) is 38.4 Å². The minimum atomic E-state index is -0.102. The van der Waals surface area contributed by atoms with Gasteiger partial charge in [0.25, 0.3) is 5.91 Å². The number of aryl methyl sites for hydroxylation is 1. The summed E-state index contributed by atoms with van der Waals surface area (Å²) in [7, 11) is 1.79. The second-order valence-electron chi connectivity index (χ2n) is 6.24. The molecule has 0 unspecified atom stereocenters. The maximum Gasteiger partial charge on any atom is 0.275 e. The van der Waals surface area contributed by atoms with Crippen LogP contribution >= 0.6 is 0 Å². The Bertz CT molecular complexity index is 657. The first-order valence-electron chi connectivity index (χ1n) is 8.10. The molecule has 122 valence electrons. The Hall–Kier alpha value is -2.14. The first-order valence-corrected chi connectivity index (χ1v) is 8.10. The molecule has 1 aliphatic rings. The van der Waals surface area contributed by atoms with E-state index < -0.39 is 0 Å². The van der Waals surface area contributed by atoms with E-state index in [9.17, 15) is 4.79 Å². The predicted octanol–water partition coefficient (Wildman–Crippen LogP) is 2.72. The predicted molar refractivity (Wildman–Crippen MR) is 88.3 cm³/mol. The van der Waals surface area contributed by atoms with Gasteiger partial charge in [-0.15, -0.1) is 0 Å². The maximum atomic E-state index is 12.5. The van der Waals surface area contributed by atoms with Crippen LogP contribution in [0.25, 0.3) is 0 Å². The van der Waals surface area contributed by atoms with E-state index in [1.165, 1.54) is 11.8 Å². The Morgan fingerprint density at radius 2 is 2.00 bits per heavy atom. The fraction of sp³-hybridized carbons (Fsp3) is 0.444. The molecule has 2 aromatic rings. The molecule has 0 aliphatic carbocycles. The molecule has 1 amide bonds. The Morgan fingerprint density at radius 3 is 2.70 bits per heavy atom. The highest BCUT2D eigenvalue weighted by molar-refractivity contribution is 5.91. The number of rotatable bonds is 4. The molecule has 23 heavy (non-hydrogen) atoms. The molecule has 1 aromatic carbocycles. The fourth-order valence-corrected chi connectivity index (χ4v) is 2.88. The molecule has 0 bridgehead atoms. The number of carbonyl (C=O) groups excluding carboxylic acids is 1. The molecule has 5 nitrogen and oxygen atoms in total. The highest BCUT2D eigenvalue weighted by Gasteiger charge is 2.23. The maximum absolute atomic E-state index is 12.5. The molecule has 2 heterocycles. The van der Waals surface area contributed by atoms with Gasteiger partial charge in [-0.2, -0.15) is 0 Å². The van der Waals surface area contributed by atoms with E-state index in [4.69, 9.17) is 4.42 Å². The molecule has 0 atom stereocenters. The lowest BCUT2D eigenvalue weighted by atomic mass is 9.98. The highest BCUT2D eigenvalue weighted by Crippen LogP contribution is 2.24. The molecule has 0 saturated carbocycles. The minimum absolute atomic E-state index is 0.102. The number of benzene rings is 1.